The van der Waals surface area contributed by atoms with E-state index >= 15 is 0 Å². The van der Waals surface area contributed by atoms with Crippen molar-refractivity contribution in [2.24, 2.45) is 0 Å². The Bertz CT molecular complexity index is 3930. The molecule has 9 aromatic carbocycles. The number of rotatable bonds is 3. The number of hydrogen-bond donors (Lipinski definition) is 0. The van der Waals surface area contributed by atoms with Gasteiger partial charge in [0.15, 0.2) is 0 Å². The second-order valence-electron chi connectivity index (χ2n) is 19.1. The minimum Gasteiger partial charge on any atom is -0.327 e. The van der Waals surface area contributed by atoms with Crippen molar-refractivity contribution in [1.29, 1.82) is 0 Å². The standard InChI is InChI=1S/C62H45NS2/c1-37-53-45-26-11-16-33-51(45)65-59(53)62(4)47-29-13-14-31-49(47)63(61(3)36-35-60(2,56(37)58(61)62)48-30-18-34-52-55(48)46-27-12-15-32-50(46)64-52)57-44-25-10-8-23-41(44)40-22-7-9-24-43(40)54(57)42-28-17-20-38-19-5-6-21-39(38)42/h5-37H,1-4H3. The smallest absolute Gasteiger partial charge is 0.0834 e. The van der Waals surface area contributed by atoms with Gasteiger partial charge >= 0.3 is 0 Å². The van der Waals surface area contributed by atoms with Crippen molar-refractivity contribution in [3.63, 3.8) is 0 Å². The Morgan fingerprint density at radius 1 is 0.477 bits per heavy atom. The average molecular weight is 868 g/mol. The van der Waals surface area contributed by atoms with Crippen LogP contribution in [0.25, 0.3) is 73.7 Å². The lowest BCUT2D eigenvalue weighted by atomic mass is 9.50. The first-order chi connectivity index (χ1) is 31.8. The van der Waals surface area contributed by atoms with Gasteiger partial charge in [-0.15, -0.1) is 22.7 Å². The van der Waals surface area contributed by atoms with Crippen LogP contribution in [0.2, 0.25) is 0 Å². The zero-order chi connectivity index (χ0) is 43.4. The van der Waals surface area contributed by atoms with E-state index in [0.29, 0.717) is 0 Å². The zero-order valence-electron chi connectivity index (χ0n) is 36.8. The van der Waals surface area contributed by atoms with Crippen LogP contribution in [0.3, 0.4) is 0 Å². The van der Waals surface area contributed by atoms with E-state index < -0.39 is 16.4 Å². The monoisotopic (exact) mass is 867 g/mol. The van der Waals surface area contributed by atoms with Gasteiger partial charge in [0.1, 0.15) is 0 Å². The second kappa shape index (κ2) is 13.2. The molecule has 3 heteroatoms. The van der Waals surface area contributed by atoms with Gasteiger partial charge in [0.25, 0.3) is 0 Å². The Morgan fingerprint density at radius 3 is 1.85 bits per heavy atom. The van der Waals surface area contributed by atoms with Gasteiger partial charge in [-0.3, -0.25) is 0 Å². The summed E-state index contributed by atoms with van der Waals surface area (Å²) >= 11 is 3.94. The van der Waals surface area contributed by atoms with Gasteiger partial charge in [-0.25, -0.2) is 0 Å². The van der Waals surface area contributed by atoms with Crippen molar-refractivity contribution in [3.05, 3.63) is 227 Å². The summed E-state index contributed by atoms with van der Waals surface area (Å²) in [6.07, 6.45) is 5.26. The van der Waals surface area contributed by atoms with Gasteiger partial charge in [0.2, 0.25) is 0 Å². The molecule has 0 radical (unpaired) electrons. The van der Waals surface area contributed by atoms with E-state index in [1.807, 2.05) is 22.7 Å². The number of nitrogens with zero attached hydrogens (tertiary/aromatic N) is 1. The molecular formula is C62H45NS2. The number of allylic oxidation sites excluding steroid dienone is 2. The van der Waals surface area contributed by atoms with Crippen molar-refractivity contribution >= 4 is 96.6 Å². The first-order valence-corrected chi connectivity index (χ1v) is 24.6. The van der Waals surface area contributed by atoms with Gasteiger partial charge in [-0.1, -0.05) is 177 Å². The fourth-order valence-corrected chi connectivity index (χ4v) is 15.9. The summed E-state index contributed by atoms with van der Waals surface area (Å²) in [7, 11) is 0. The number of para-hydroxylation sites is 1. The second-order valence-corrected chi connectivity index (χ2v) is 21.3. The lowest BCUT2D eigenvalue weighted by Gasteiger charge is -2.61. The lowest BCUT2D eigenvalue weighted by molar-refractivity contribution is 0.440. The minimum absolute atomic E-state index is 0.150. The fraction of sp³-hybridized carbons (Fsp3) is 0.129. The Morgan fingerprint density at radius 2 is 1.05 bits per heavy atom. The van der Waals surface area contributed by atoms with E-state index in [1.54, 1.807) is 0 Å². The molecule has 2 aliphatic carbocycles. The summed E-state index contributed by atoms with van der Waals surface area (Å²) in [4.78, 5) is 4.28. The quantitative estimate of drug-likeness (QED) is 0.126. The minimum atomic E-state index is -0.574. The van der Waals surface area contributed by atoms with Crippen LogP contribution >= 0.6 is 22.7 Å². The van der Waals surface area contributed by atoms with E-state index in [9.17, 15) is 0 Å². The van der Waals surface area contributed by atoms with Gasteiger partial charge in [0, 0.05) is 57.7 Å². The Labute approximate surface area is 387 Å². The molecular weight excluding hydrogens is 823 g/mol. The van der Waals surface area contributed by atoms with Crippen LogP contribution in [0.5, 0.6) is 0 Å². The molecule has 0 bridgehead atoms. The summed E-state index contributed by atoms with van der Waals surface area (Å²) < 4.78 is 4.06. The van der Waals surface area contributed by atoms with Gasteiger partial charge < -0.3 is 4.90 Å². The van der Waals surface area contributed by atoms with Crippen molar-refractivity contribution < 1.29 is 0 Å². The van der Waals surface area contributed by atoms with Gasteiger partial charge in [-0.2, -0.15) is 0 Å². The molecule has 0 saturated carbocycles. The highest BCUT2D eigenvalue weighted by Crippen LogP contribution is 2.69. The maximum absolute atomic E-state index is 2.80. The third-order valence-corrected chi connectivity index (χ3v) is 18.4. The summed E-state index contributed by atoms with van der Waals surface area (Å²) in [5.41, 5.74) is 10.9. The molecule has 1 nitrogen and oxygen atoms in total. The van der Waals surface area contributed by atoms with Gasteiger partial charge in [-0.05, 0) is 111 Å². The Kier molecular flexibility index (Phi) is 7.61. The largest absolute Gasteiger partial charge is 0.327 e. The third kappa shape index (κ3) is 4.72. The van der Waals surface area contributed by atoms with Crippen LogP contribution in [0.4, 0.5) is 11.4 Å². The normalized spacial score (nSPS) is 22.3. The molecule has 0 spiro atoms. The third-order valence-electron chi connectivity index (χ3n) is 15.8. The molecule has 1 aliphatic heterocycles. The molecule has 2 aromatic heterocycles. The van der Waals surface area contributed by atoms with E-state index in [2.05, 4.69) is 227 Å². The van der Waals surface area contributed by atoms with Crippen LogP contribution in [-0.4, -0.2) is 5.54 Å². The van der Waals surface area contributed by atoms with Crippen LogP contribution in [0.1, 0.15) is 55.2 Å². The molecule has 4 unspecified atom stereocenters. The number of thiophene rings is 2. The molecule has 4 atom stereocenters. The van der Waals surface area contributed by atoms with E-state index in [1.165, 1.54) is 118 Å². The maximum Gasteiger partial charge on any atom is 0.0834 e. The average Bonchev–Trinajstić information content (AvgIpc) is 3.94. The lowest BCUT2D eigenvalue weighted by Crippen LogP contribution is -2.59. The van der Waals surface area contributed by atoms with Crippen molar-refractivity contribution in [2.75, 3.05) is 4.90 Å². The molecule has 0 saturated heterocycles. The van der Waals surface area contributed by atoms with E-state index in [4.69, 9.17) is 0 Å². The van der Waals surface area contributed by atoms with Gasteiger partial charge in [0.05, 0.1) is 16.6 Å². The summed E-state index contributed by atoms with van der Waals surface area (Å²) in [5, 5.41) is 11.7. The molecule has 3 aliphatic rings. The predicted molar refractivity (Wildman–Crippen MR) is 281 cm³/mol. The Hall–Kier alpha value is -6.78. The molecule has 65 heavy (non-hydrogen) atoms. The van der Waals surface area contributed by atoms with Crippen LogP contribution in [0, 0.1) is 0 Å². The number of hydrogen-bond acceptors (Lipinski definition) is 3. The molecule has 3 heterocycles. The van der Waals surface area contributed by atoms with E-state index in [-0.39, 0.29) is 5.92 Å². The highest BCUT2D eigenvalue weighted by atomic mass is 32.1. The predicted octanol–water partition coefficient (Wildman–Crippen LogP) is 17.6. The maximum atomic E-state index is 2.80. The molecule has 14 rings (SSSR count). The number of fused-ring (bicyclic) bond motifs is 13. The molecule has 0 amide bonds. The topological polar surface area (TPSA) is 3.24 Å². The Balaban J connectivity index is 1.18. The SMILES string of the molecule is CC1C2=C3C(C)(c4ccccc4N(c4c(-c5cccc6ccccc56)c5ccccc5c5ccccc45)C3(C)C=CC2(C)c2cccc3sc4ccccc4c23)c2sc3ccccc3c21. The molecule has 0 N–H and O–H groups in total. The number of benzene rings is 9. The highest BCUT2D eigenvalue weighted by molar-refractivity contribution is 7.25. The molecule has 0 fully saturated rings. The molecule has 310 valence electrons. The first kappa shape index (κ1) is 37.6. The van der Waals surface area contributed by atoms with Crippen LogP contribution < -0.4 is 4.90 Å². The first-order valence-electron chi connectivity index (χ1n) is 23.0. The summed E-state index contributed by atoms with van der Waals surface area (Å²) in [6.45, 7) is 10.2. The molecule has 11 aromatic rings. The van der Waals surface area contributed by atoms with E-state index in [0.717, 1.165) is 0 Å². The summed E-state index contributed by atoms with van der Waals surface area (Å²) in [6, 6.07) is 68.9. The number of anilines is 2. The van der Waals surface area contributed by atoms with Crippen molar-refractivity contribution in [2.45, 2.75) is 50.0 Å². The zero-order valence-corrected chi connectivity index (χ0v) is 38.4. The van der Waals surface area contributed by atoms with Crippen LogP contribution in [0.15, 0.2) is 205 Å². The highest BCUT2D eigenvalue weighted by Gasteiger charge is 2.61. The summed E-state index contributed by atoms with van der Waals surface area (Å²) in [5.74, 6) is 0.150. The fourth-order valence-electron chi connectivity index (χ4n) is 13.3. The van der Waals surface area contributed by atoms with Crippen LogP contribution in [-0.2, 0) is 10.8 Å². The van der Waals surface area contributed by atoms with Crippen molar-refractivity contribution in [1.82, 2.24) is 0 Å². The van der Waals surface area contributed by atoms with Crippen molar-refractivity contribution in [3.8, 4) is 11.1 Å².